The zero-order chi connectivity index (χ0) is 9.19. The van der Waals surface area contributed by atoms with E-state index in [-0.39, 0.29) is 0 Å². The lowest BCUT2D eigenvalue weighted by atomic mass is 10.00. The molecule has 0 aromatic carbocycles. The Balaban J connectivity index is 2.46. The molecule has 0 spiro atoms. The topological polar surface area (TPSA) is 12.5 Å². The molecule has 1 unspecified atom stereocenters. The summed E-state index contributed by atoms with van der Waals surface area (Å²) in [7, 11) is 1.82. The average molecular weight is 171 g/mol. The maximum Gasteiger partial charge on any atom is 0.0698 e. The van der Waals surface area contributed by atoms with Crippen molar-refractivity contribution in [3.8, 4) is 0 Å². The minimum atomic E-state index is 0.303. The van der Waals surface area contributed by atoms with Crippen molar-refractivity contribution in [1.29, 1.82) is 0 Å². The van der Waals surface area contributed by atoms with E-state index in [9.17, 15) is 0 Å². The van der Waals surface area contributed by atoms with Crippen LogP contribution in [0.2, 0.25) is 0 Å². The molecule has 0 radical (unpaired) electrons. The van der Waals surface area contributed by atoms with Gasteiger partial charge in [-0.15, -0.1) is 0 Å². The lowest BCUT2D eigenvalue weighted by molar-refractivity contribution is -0.00307. The van der Waals surface area contributed by atoms with E-state index in [2.05, 4.69) is 25.7 Å². The van der Waals surface area contributed by atoms with Gasteiger partial charge < -0.3 is 4.74 Å². The van der Waals surface area contributed by atoms with Crippen molar-refractivity contribution in [2.45, 2.75) is 45.3 Å². The molecule has 1 heterocycles. The van der Waals surface area contributed by atoms with Gasteiger partial charge >= 0.3 is 0 Å². The zero-order valence-electron chi connectivity index (χ0n) is 8.76. The van der Waals surface area contributed by atoms with Crippen molar-refractivity contribution in [2.75, 3.05) is 20.2 Å². The maximum atomic E-state index is 5.37. The van der Waals surface area contributed by atoms with E-state index in [0.717, 1.165) is 6.54 Å². The van der Waals surface area contributed by atoms with E-state index in [4.69, 9.17) is 4.74 Å². The van der Waals surface area contributed by atoms with Gasteiger partial charge in [0.2, 0.25) is 0 Å². The number of likely N-dealkylation sites (tertiary alicyclic amines) is 1. The highest BCUT2D eigenvalue weighted by Crippen LogP contribution is 2.20. The number of nitrogens with zero attached hydrogens (tertiary/aromatic N) is 1. The minimum Gasteiger partial charge on any atom is -0.380 e. The summed E-state index contributed by atoms with van der Waals surface area (Å²) in [4.78, 5) is 2.50. The lowest BCUT2D eigenvalue weighted by Gasteiger charge is -2.41. The fourth-order valence-corrected chi connectivity index (χ4v) is 1.74. The van der Waals surface area contributed by atoms with Crippen molar-refractivity contribution in [3.05, 3.63) is 0 Å². The third-order valence-corrected chi connectivity index (χ3v) is 2.66. The minimum absolute atomic E-state index is 0.303. The fourth-order valence-electron chi connectivity index (χ4n) is 1.74. The van der Waals surface area contributed by atoms with Crippen LogP contribution in [0.5, 0.6) is 0 Å². The molecule has 0 aliphatic carbocycles. The Kier molecular flexibility index (Phi) is 3.13. The fraction of sp³-hybridized carbons (Fsp3) is 1.00. The van der Waals surface area contributed by atoms with E-state index in [1.54, 1.807) is 0 Å². The third-order valence-electron chi connectivity index (χ3n) is 2.66. The first-order chi connectivity index (χ1) is 5.54. The highest BCUT2D eigenvalue weighted by Gasteiger charge is 2.27. The maximum absolute atomic E-state index is 5.37. The monoisotopic (exact) mass is 171 g/mol. The van der Waals surface area contributed by atoms with Gasteiger partial charge in [-0.1, -0.05) is 0 Å². The van der Waals surface area contributed by atoms with E-state index >= 15 is 0 Å². The van der Waals surface area contributed by atoms with E-state index in [1.165, 1.54) is 19.4 Å². The van der Waals surface area contributed by atoms with Crippen LogP contribution in [-0.2, 0) is 4.74 Å². The first kappa shape index (κ1) is 10.0. The van der Waals surface area contributed by atoms with Crippen molar-refractivity contribution >= 4 is 0 Å². The molecular weight excluding hydrogens is 150 g/mol. The summed E-state index contributed by atoms with van der Waals surface area (Å²) in [6.07, 6.45) is 2.96. The Morgan fingerprint density at radius 1 is 1.33 bits per heavy atom. The Morgan fingerprint density at radius 2 is 2.00 bits per heavy atom. The van der Waals surface area contributed by atoms with Crippen LogP contribution in [0.1, 0.15) is 33.6 Å². The Morgan fingerprint density at radius 3 is 2.50 bits per heavy atom. The van der Waals surface area contributed by atoms with Crippen LogP contribution >= 0.6 is 0 Å². The largest absolute Gasteiger partial charge is 0.380 e. The van der Waals surface area contributed by atoms with E-state index in [1.807, 2.05) is 7.11 Å². The van der Waals surface area contributed by atoms with Gasteiger partial charge in [-0.05, 0) is 40.2 Å². The molecule has 1 rings (SSSR count). The smallest absolute Gasteiger partial charge is 0.0698 e. The molecule has 0 aromatic rings. The second-order valence-corrected chi connectivity index (χ2v) is 4.62. The van der Waals surface area contributed by atoms with Crippen molar-refractivity contribution in [1.82, 2.24) is 4.90 Å². The zero-order valence-corrected chi connectivity index (χ0v) is 8.76. The Bertz CT molecular complexity index is 139. The van der Waals surface area contributed by atoms with Crippen LogP contribution in [0.25, 0.3) is 0 Å². The summed E-state index contributed by atoms with van der Waals surface area (Å²) in [5.41, 5.74) is 0.303. The molecular formula is C10H21NO. The molecule has 1 aliphatic rings. The highest BCUT2D eigenvalue weighted by molar-refractivity contribution is 4.82. The number of piperidine rings is 1. The molecule has 1 aliphatic heterocycles. The van der Waals surface area contributed by atoms with Gasteiger partial charge in [0.1, 0.15) is 0 Å². The van der Waals surface area contributed by atoms with Gasteiger partial charge in [0.25, 0.3) is 0 Å². The second-order valence-electron chi connectivity index (χ2n) is 4.62. The molecule has 12 heavy (non-hydrogen) atoms. The first-order valence-corrected chi connectivity index (χ1v) is 4.82. The number of ether oxygens (including phenoxy) is 1. The lowest BCUT2D eigenvalue weighted by Crippen LogP contribution is -2.49. The molecule has 0 N–H and O–H groups in total. The average Bonchev–Trinajstić information content (AvgIpc) is 2.03. The van der Waals surface area contributed by atoms with Crippen LogP contribution in [0.15, 0.2) is 0 Å². The van der Waals surface area contributed by atoms with Gasteiger partial charge in [0, 0.05) is 19.2 Å². The van der Waals surface area contributed by atoms with Crippen LogP contribution in [-0.4, -0.2) is 36.7 Å². The van der Waals surface area contributed by atoms with Crippen LogP contribution in [0, 0.1) is 0 Å². The first-order valence-electron chi connectivity index (χ1n) is 4.82. The van der Waals surface area contributed by atoms with Gasteiger partial charge in [-0.2, -0.15) is 0 Å². The summed E-state index contributed by atoms with van der Waals surface area (Å²) < 4.78 is 5.37. The highest BCUT2D eigenvalue weighted by atomic mass is 16.5. The second kappa shape index (κ2) is 3.75. The molecule has 0 saturated carbocycles. The number of rotatable bonds is 1. The number of hydrogen-bond acceptors (Lipinski definition) is 2. The quantitative estimate of drug-likeness (QED) is 0.597. The standard InChI is InChI=1S/C10H21NO/c1-10(2,3)11-7-5-6-9(8-11)12-4/h9H,5-8H2,1-4H3. The van der Waals surface area contributed by atoms with Gasteiger partial charge in [0.05, 0.1) is 6.10 Å². The summed E-state index contributed by atoms with van der Waals surface area (Å²) in [5.74, 6) is 0. The summed E-state index contributed by atoms with van der Waals surface area (Å²) in [6, 6.07) is 0. The molecule has 1 atom stereocenters. The van der Waals surface area contributed by atoms with Gasteiger partial charge in [-0.25, -0.2) is 0 Å². The van der Waals surface area contributed by atoms with Crippen LogP contribution in [0.4, 0.5) is 0 Å². The predicted octanol–water partition coefficient (Wildman–Crippen LogP) is 1.90. The molecule has 2 nitrogen and oxygen atoms in total. The van der Waals surface area contributed by atoms with E-state index < -0.39 is 0 Å². The Hall–Kier alpha value is -0.0800. The van der Waals surface area contributed by atoms with Gasteiger partial charge in [0.15, 0.2) is 0 Å². The molecule has 0 aromatic heterocycles. The van der Waals surface area contributed by atoms with E-state index in [0.29, 0.717) is 11.6 Å². The predicted molar refractivity (Wildman–Crippen MR) is 51.4 cm³/mol. The molecule has 2 heteroatoms. The molecule has 0 amide bonds. The Labute approximate surface area is 75.9 Å². The number of methoxy groups -OCH3 is 1. The number of hydrogen-bond donors (Lipinski definition) is 0. The SMILES string of the molecule is COC1CCCN(C(C)(C)C)C1. The molecule has 72 valence electrons. The molecule has 1 saturated heterocycles. The van der Waals surface area contributed by atoms with Crippen LogP contribution < -0.4 is 0 Å². The molecule has 0 bridgehead atoms. The van der Waals surface area contributed by atoms with Crippen molar-refractivity contribution in [3.63, 3.8) is 0 Å². The summed E-state index contributed by atoms with van der Waals surface area (Å²) in [6.45, 7) is 9.13. The van der Waals surface area contributed by atoms with Crippen molar-refractivity contribution in [2.24, 2.45) is 0 Å². The van der Waals surface area contributed by atoms with Gasteiger partial charge in [-0.3, -0.25) is 4.90 Å². The summed E-state index contributed by atoms with van der Waals surface area (Å²) in [5, 5.41) is 0. The van der Waals surface area contributed by atoms with Crippen molar-refractivity contribution < 1.29 is 4.74 Å². The van der Waals surface area contributed by atoms with Crippen LogP contribution in [0.3, 0.4) is 0 Å². The molecule has 1 fully saturated rings. The normalized spacial score (nSPS) is 27.5. The summed E-state index contributed by atoms with van der Waals surface area (Å²) >= 11 is 0. The third kappa shape index (κ3) is 2.46.